The SMILES string of the molecule is CSc1ccccc1NC(=O)c1ccc(Br)cc1F. The zero-order chi connectivity index (χ0) is 13.8. The molecule has 0 saturated carbocycles. The van der Waals surface area contributed by atoms with E-state index in [9.17, 15) is 9.18 Å². The van der Waals surface area contributed by atoms with Gasteiger partial charge in [-0.25, -0.2) is 4.39 Å². The largest absolute Gasteiger partial charge is 0.321 e. The van der Waals surface area contributed by atoms with E-state index >= 15 is 0 Å². The Morgan fingerprint density at radius 3 is 2.68 bits per heavy atom. The average Bonchev–Trinajstić information content (AvgIpc) is 2.39. The van der Waals surface area contributed by atoms with Crippen molar-refractivity contribution in [3.63, 3.8) is 0 Å². The van der Waals surface area contributed by atoms with Crippen molar-refractivity contribution in [2.24, 2.45) is 0 Å². The highest BCUT2D eigenvalue weighted by molar-refractivity contribution is 9.10. The fourth-order valence-electron chi connectivity index (χ4n) is 1.61. The minimum atomic E-state index is -0.548. The van der Waals surface area contributed by atoms with Crippen molar-refractivity contribution < 1.29 is 9.18 Å². The van der Waals surface area contributed by atoms with E-state index in [0.29, 0.717) is 10.2 Å². The Morgan fingerprint density at radius 2 is 2.00 bits per heavy atom. The molecule has 2 rings (SSSR count). The maximum Gasteiger partial charge on any atom is 0.258 e. The van der Waals surface area contributed by atoms with Crippen molar-refractivity contribution in [1.29, 1.82) is 0 Å². The van der Waals surface area contributed by atoms with E-state index in [0.717, 1.165) is 4.90 Å². The van der Waals surface area contributed by atoms with E-state index < -0.39 is 11.7 Å². The summed E-state index contributed by atoms with van der Waals surface area (Å²) in [6.07, 6.45) is 1.92. The van der Waals surface area contributed by atoms with Gasteiger partial charge in [0, 0.05) is 9.37 Å². The molecule has 2 aromatic rings. The van der Waals surface area contributed by atoms with Gasteiger partial charge in [0.25, 0.3) is 5.91 Å². The van der Waals surface area contributed by atoms with Gasteiger partial charge in [-0.1, -0.05) is 28.1 Å². The summed E-state index contributed by atoms with van der Waals surface area (Å²) in [4.78, 5) is 13.0. The number of benzene rings is 2. The Labute approximate surface area is 123 Å². The number of para-hydroxylation sites is 1. The lowest BCUT2D eigenvalue weighted by atomic mass is 10.2. The van der Waals surface area contributed by atoms with Crippen molar-refractivity contribution in [3.05, 3.63) is 58.3 Å². The van der Waals surface area contributed by atoms with Crippen molar-refractivity contribution in [3.8, 4) is 0 Å². The molecule has 0 radical (unpaired) electrons. The first-order valence-corrected chi connectivity index (χ1v) is 7.53. The Balaban J connectivity index is 2.26. The first-order valence-electron chi connectivity index (χ1n) is 5.51. The minimum Gasteiger partial charge on any atom is -0.321 e. The lowest BCUT2D eigenvalue weighted by molar-refractivity contribution is 0.102. The summed E-state index contributed by atoms with van der Waals surface area (Å²) < 4.78 is 14.3. The van der Waals surface area contributed by atoms with Crippen molar-refractivity contribution >= 4 is 39.3 Å². The zero-order valence-corrected chi connectivity index (χ0v) is 12.5. The van der Waals surface area contributed by atoms with Gasteiger partial charge in [-0.2, -0.15) is 0 Å². The predicted octanol–water partition coefficient (Wildman–Crippen LogP) is 4.56. The second kappa shape index (κ2) is 6.21. The fourth-order valence-corrected chi connectivity index (χ4v) is 2.50. The topological polar surface area (TPSA) is 29.1 Å². The van der Waals surface area contributed by atoms with Crippen LogP contribution < -0.4 is 5.32 Å². The first kappa shape index (κ1) is 14.1. The maximum absolute atomic E-state index is 13.7. The number of thioether (sulfide) groups is 1. The number of rotatable bonds is 3. The third-order valence-electron chi connectivity index (χ3n) is 2.53. The molecule has 0 aliphatic heterocycles. The number of carbonyl (C=O) groups excluding carboxylic acids is 1. The van der Waals surface area contributed by atoms with E-state index in [1.165, 1.54) is 23.9 Å². The lowest BCUT2D eigenvalue weighted by Crippen LogP contribution is -2.14. The number of nitrogens with one attached hydrogen (secondary N) is 1. The third kappa shape index (κ3) is 3.36. The number of amides is 1. The van der Waals surface area contributed by atoms with Gasteiger partial charge in [-0.05, 0) is 36.6 Å². The summed E-state index contributed by atoms with van der Waals surface area (Å²) >= 11 is 4.68. The summed E-state index contributed by atoms with van der Waals surface area (Å²) in [5.41, 5.74) is 0.710. The number of hydrogen-bond acceptors (Lipinski definition) is 2. The predicted molar refractivity (Wildman–Crippen MR) is 80.3 cm³/mol. The molecular weight excluding hydrogens is 329 g/mol. The first-order chi connectivity index (χ1) is 9.11. The summed E-state index contributed by atoms with van der Waals surface area (Å²) in [6.45, 7) is 0. The van der Waals surface area contributed by atoms with Gasteiger partial charge in [-0.15, -0.1) is 11.8 Å². The average molecular weight is 340 g/mol. The molecule has 5 heteroatoms. The van der Waals surface area contributed by atoms with Crippen LogP contribution in [0.15, 0.2) is 51.8 Å². The standard InChI is InChI=1S/C14H11BrFNOS/c1-19-13-5-3-2-4-12(13)17-14(18)10-7-6-9(15)8-11(10)16/h2-8H,1H3,(H,17,18). The van der Waals surface area contributed by atoms with Gasteiger partial charge < -0.3 is 5.32 Å². The number of hydrogen-bond donors (Lipinski definition) is 1. The minimum absolute atomic E-state index is 0.0270. The lowest BCUT2D eigenvalue weighted by Gasteiger charge is -2.09. The van der Waals surface area contributed by atoms with Crippen LogP contribution in [0.3, 0.4) is 0 Å². The second-order valence-corrected chi connectivity index (χ2v) is 5.54. The highest BCUT2D eigenvalue weighted by Crippen LogP contribution is 2.25. The Kier molecular flexibility index (Phi) is 4.61. The molecule has 2 nitrogen and oxygen atoms in total. The van der Waals surface area contributed by atoms with E-state index in [4.69, 9.17) is 0 Å². The van der Waals surface area contributed by atoms with Crippen LogP contribution in [0.25, 0.3) is 0 Å². The molecule has 1 amide bonds. The van der Waals surface area contributed by atoms with Crippen LogP contribution in [-0.4, -0.2) is 12.2 Å². The van der Waals surface area contributed by atoms with Gasteiger partial charge >= 0.3 is 0 Å². The second-order valence-electron chi connectivity index (χ2n) is 3.78. The quantitative estimate of drug-likeness (QED) is 0.830. The van der Waals surface area contributed by atoms with Crippen molar-refractivity contribution in [2.45, 2.75) is 4.90 Å². The molecule has 0 aliphatic carbocycles. The Bertz CT molecular complexity index is 618. The Morgan fingerprint density at radius 1 is 1.26 bits per heavy atom. The highest BCUT2D eigenvalue weighted by Gasteiger charge is 2.13. The molecular formula is C14H11BrFNOS. The molecule has 0 saturated heterocycles. The van der Waals surface area contributed by atoms with Crippen LogP contribution in [0.2, 0.25) is 0 Å². The molecule has 0 spiro atoms. The zero-order valence-electron chi connectivity index (χ0n) is 10.1. The third-order valence-corrected chi connectivity index (χ3v) is 3.82. The van der Waals surface area contributed by atoms with E-state index in [-0.39, 0.29) is 5.56 Å². The van der Waals surface area contributed by atoms with Crippen LogP contribution in [0.1, 0.15) is 10.4 Å². The van der Waals surface area contributed by atoms with Gasteiger partial charge in [-0.3, -0.25) is 4.79 Å². The summed E-state index contributed by atoms with van der Waals surface area (Å²) in [5, 5.41) is 2.72. The van der Waals surface area contributed by atoms with Gasteiger partial charge in [0.2, 0.25) is 0 Å². The summed E-state index contributed by atoms with van der Waals surface area (Å²) in [6, 6.07) is 11.8. The molecule has 0 fully saturated rings. The number of halogens is 2. The number of anilines is 1. The van der Waals surface area contributed by atoms with Gasteiger partial charge in [0.15, 0.2) is 0 Å². The van der Waals surface area contributed by atoms with Crippen molar-refractivity contribution in [2.75, 3.05) is 11.6 Å². The van der Waals surface area contributed by atoms with Crippen molar-refractivity contribution in [1.82, 2.24) is 0 Å². The molecule has 19 heavy (non-hydrogen) atoms. The molecule has 0 atom stereocenters. The molecule has 0 bridgehead atoms. The highest BCUT2D eigenvalue weighted by atomic mass is 79.9. The molecule has 0 aromatic heterocycles. The van der Waals surface area contributed by atoms with E-state index in [2.05, 4.69) is 21.2 Å². The normalized spacial score (nSPS) is 10.3. The monoisotopic (exact) mass is 339 g/mol. The van der Waals surface area contributed by atoms with Gasteiger partial charge in [0.1, 0.15) is 5.82 Å². The Hall–Kier alpha value is -1.33. The summed E-state index contributed by atoms with van der Waals surface area (Å²) in [7, 11) is 0. The molecule has 0 heterocycles. The van der Waals surface area contributed by atoms with Crippen LogP contribution >= 0.6 is 27.7 Å². The van der Waals surface area contributed by atoms with Gasteiger partial charge in [0.05, 0.1) is 11.3 Å². The molecule has 0 unspecified atom stereocenters. The smallest absolute Gasteiger partial charge is 0.258 e. The van der Waals surface area contributed by atoms with Crippen LogP contribution in [-0.2, 0) is 0 Å². The summed E-state index contributed by atoms with van der Waals surface area (Å²) in [5.74, 6) is -1.000. The molecule has 2 aromatic carbocycles. The van der Waals surface area contributed by atoms with Crippen LogP contribution in [0.5, 0.6) is 0 Å². The fraction of sp³-hybridized carbons (Fsp3) is 0.0714. The van der Waals surface area contributed by atoms with E-state index in [1.54, 1.807) is 12.1 Å². The van der Waals surface area contributed by atoms with Crippen LogP contribution in [0, 0.1) is 5.82 Å². The number of carbonyl (C=O) groups is 1. The maximum atomic E-state index is 13.7. The van der Waals surface area contributed by atoms with E-state index in [1.807, 2.05) is 24.5 Å². The molecule has 0 aliphatic rings. The van der Waals surface area contributed by atoms with Crippen LogP contribution in [0.4, 0.5) is 10.1 Å². The molecule has 98 valence electrons. The molecule has 1 N–H and O–H groups in total.